The molecule has 3 aromatic carbocycles. The van der Waals surface area contributed by atoms with Crippen LogP contribution in [0.25, 0.3) is 10.8 Å². The first-order valence-electron chi connectivity index (χ1n) is 7.51. The minimum atomic E-state index is -3.07. The predicted octanol–water partition coefficient (Wildman–Crippen LogP) is 4.70. The zero-order valence-electron chi connectivity index (χ0n) is 13.3. The first-order chi connectivity index (χ1) is 12.1. The van der Waals surface area contributed by atoms with Crippen molar-refractivity contribution in [2.75, 3.05) is 12.4 Å². The standard InChI is InChI=1S/C19H15F2NO3/c1-24-16-11-5-9-14(17(16)25-19(20)21)18(23)22-15-10-4-7-12-6-2-3-8-13(12)15/h2-11,19H,1H3,(H,22,23). The molecule has 0 spiro atoms. The molecule has 4 nitrogen and oxygen atoms in total. The van der Waals surface area contributed by atoms with Gasteiger partial charge in [-0.2, -0.15) is 8.78 Å². The third kappa shape index (κ3) is 3.52. The average molecular weight is 343 g/mol. The van der Waals surface area contributed by atoms with Crippen LogP contribution in [-0.4, -0.2) is 19.6 Å². The predicted molar refractivity (Wildman–Crippen MR) is 91.5 cm³/mol. The summed E-state index contributed by atoms with van der Waals surface area (Å²) in [6.45, 7) is -3.07. The number of methoxy groups -OCH3 is 1. The van der Waals surface area contributed by atoms with E-state index in [1.54, 1.807) is 12.1 Å². The SMILES string of the molecule is COc1cccc(C(=O)Nc2cccc3ccccc23)c1OC(F)F. The van der Waals surface area contributed by atoms with Gasteiger partial charge >= 0.3 is 6.61 Å². The summed E-state index contributed by atoms with van der Waals surface area (Å²) in [4.78, 5) is 12.6. The van der Waals surface area contributed by atoms with Crippen molar-refractivity contribution >= 4 is 22.4 Å². The molecule has 0 heterocycles. The van der Waals surface area contributed by atoms with Crippen LogP contribution in [0.15, 0.2) is 60.7 Å². The molecule has 0 bridgehead atoms. The largest absolute Gasteiger partial charge is 0.493 e. The zero-order chi connectivity index (χ0) is 17.8. The van der Waals surface area contributed by atoms with Gasteiger partial charge in [-0.1, -0.05) is 42.5 Å². The fourth-order valence-electron chi connectivity index (χ4n) is 2.59. The van der Waals surface area contributed by atoms with E-state index in [2.05, 4.69) is 10.1 Å². The minimum absolute atomic E-state index is 0.0346. The zero-order valence-corrected chi connectivity index (χ0v) is 13.3. The van der Waals surface area contributed by atoms with Gasteiger partial charge in [0.2, 0.25) is 0 Å². The van der Waals surface area contributed by atoms with Crippen LogP contribution in [0.3, 0.4) is 0 Å². The van der Waals surface area contributed by atoms with Crippen molar-refractivity contribution in [1.82, 2.24) is 0 Å². The second-order valence-corrected chi connectivity index (χ2v) is 5.20. The van der Waals surface area contributed by atoms with E-state index in [1.165, 1.54) is 25.3 Å². The van der Waals surface area contributed by atoms with E-state index in [-0.39, 0.29) is 17.1 Å². The van der Waals surface area contributed by atoms with Gasteiger partial charge in [0.25, 0.3) is 5.91 Å². The van der Waals surface area contributed by atoms with Gasteiger partial charge < -0.3 is 14.8 Å². The molecule has 0 aliphatic carbocycles. The number of carbonyl (C=O) groups excluding carboxylic acids is 1. The van der Waals surface area contributed by atoms with Crippen LogP contribution in [0.4, 0.5) is 14.5 Å². The number of halogens is 2. The Morgan fingerprint density at radius 3 is 2.48 bits per heavy atom. The monoisotopic (exact) mass is 343 g/mol. The highest BCUT2D eigenvalue weighted by Crippen LogP contribution is 2.33. The van der Waals surface area contributed by atoms with Crippen LogP contribution >= 0.6 is 0 Å². The molecule has 0 aromatic heterocycles. The average Bonchev–Trinajstić information content (AvgIpc) is 2.61. The number of para-hydroxylation sites is 1. The maximum Gasteiger partial charge on any atom is 0.387 e. The summed E-state index contributed by atoms with van der Waals surface area (Å²) >= 11 is 0. The molecule has 0 aliphatic rings. The van der Waals surface area contributed by atoms with Crippen molar-refractivity contribution in [2.24, 2.45) is 0 Å². The molecule has 3 aromatic rings. The fraction of sp³-hybridized carbons (Fsp3) is 0.105. The first-order valence-corrected chi connectivity index (χ1v) is 7.51. The summed E-state index contributed by atoms with van der Waals surface area (Å²) in [5.74, 6) is -0.797. The van der Waals surface area contributed by atoms with Gasteiger partial charge in [0.15, 0.2) is 11.5 Å². The van der Waals surface area contributed by atoms with E-state index >= 15 is 0 Å². The lowest BCUT2D eigenvalue weighted by molar-refractivity contribution is -0.0515. The number of ether oxygens (including phenoxy) is 2. The van der Waals surface area contributed by atoms with E-state index in [4.69, 9.17) is 4.74 Å². The molecule has 3 rings (SSSR count). The minimum Gasteiger partial charge on any atom is -0.493 e. The van der Waals surface area contributed by atoms with Gasteiger partial charge in [-0.05, 0) is 23.6 Å². The summed E-state index contributed by atoms with van der Waals surface area (Å²) in [6.07, 6.45) is 0. The van der Waals surface area contributed by atoms with Gasteiger partial charge in [0.05, 0.1) is 12.7 Å². The molecule has 1 amide bonds. The second kappa shape index (κ2) is 7.17. The number of fused-ring (bicyclic) bond motifs is 1. The van der Waals surface area contributed by atoms with Gasteiger partial charge in [0.1, 0.15) is 0 Å². The Morgan fingerprint density at radius 2 is 1.72 bits per heavy atom. The number of nitrogens with one attached hydrogen (secondary N) is 1. The van der Waals surface area contributed by atoms with Crippen molar-refractivity contribution < 1.29 is 23.0 Å². The van der Waals surface area contributed by atoms with E-state index < -0.39 is 12.5 Å². The maximum atomic E-state index is 12.7. The Kier molecular flexibility index (Phi) is 4.79. The first kappa shape index (κ1) is 16.7. The highest BCUT2D eigenvalue weighted by atomic mass is 19.3. The van der Waals surface area contributed by atoms with E-state index in [0.717, 1.165) is 10.8 Å². The highest BCUT2D eigenvalue weighted by Gasteiger charge is 2.20. The van der Waals surface area contributed by atoms with E-state index in [9.17, 15) is 13.6 Å². The summed E-state index contributed by atoms with van der Waals surface area (Å²) in [7, 11) is 1.32. The summed E-state index contributed by atoms with van der Waals surface area (Å²) < 4.78 is 34.9. The van der Waals surface area contributed by atoms with E-state index in [1.807, 2.05) is 30.3 Å². The van der Waals surface area contributed by atoms with E-state index in [0.29, 0.717) is 5.69 Å². The highest BCUT2D eigenvalue weighted by molar-refractivity contribution is 6.10. The van der Waals surface area contributed by atoms with Gasteiger partial charge in [-0.15, -0.1) is 0 Å². The lowest BCUT2D eigenvalue weighted by Crippen LogP contribution is -2.15. The molecule has 6 heteroatoms. The van der Waals surface area contributed by atoms with Crippen molar-refractivity contribution in [2.45, 2.75) is 6.61 Å². The van der Waals surface area contributed by atoms with Crippen LogP contribution in [-0.2, 0) is 0 Å². The third-order valence-corrected chi connectivity index (χ3v) is 3.69. The molecule has 0 aliphatic heterocycles. The van der Waals surface area contributed by atoms with Crippen molar-refractivity contribution in [3.63, 3.8) is 0 Å². The molecule has 1 N–H and O–H groups in total. The van der Waals surface area contributed by atoms with Crippen LogP contribution in [0.2, 0.25) is 0 Å². The molecule has 0 fully saturated rings. The molecule has 0 unspecified atom stereocenters. The molecule has 128 valence electrons. The lowest BCUT2D eigenvalue weighted by atomic mass is 10.1. The van der Waals surface area contributed by atoms with Crippen molar-refractivity contribution in [3.8, 4) is 11.5 Å². The van der Waals surface area contributed by atoms with Gasteiger partial charge in [0, 0.05) is 11.1 Å². The quantitative estimate of drug-likeness (QED) is 0.730. The number of hydrogen-bond acceptors (Lipinski definition) is 3. The molecule has 0 atom stereocenters. The third-order valence-electron chi connectivity index (χ3n) is 3.69. The smallest absolute Gasteiger partial charge is 0.387 e. The van der Waals surface area contributed by atoms with Crippen LogP contribution in [0.5, 0.6) is 11.5 Å². The number of anilines is 1. The van der Waals surface area contributed by atoms with Crippen LogP contribution < -0.4 is 14.8 Å². The van der Waals surface area contributed by atoms with Crippen LogP contribution in [0, 0.1) is 0 Å². The molecule has 25 heavy (non-hydrogen) atoms. The number of rotatable bonds is 5. The number of carbonyl (C=O) groups is 1. The Bertz CT molecular complexity index is 907. The lowest BCUT2D eigenvalue weighted by Gasteiger charge is -2.15. The summed E-state index contributed by atoms with van der Waals surface area (Å²) in [5, 5.41) is 4.55. The number of alkyl halides is 2. The van der Waals surface area contributed by atoms with Crippen LogP contribution in [0.1, 0.15) is 10.4 Å². The summed E-state index contributed by atoms with van der Waals surface area (Å²) in [6, 6.07) is 17.4. The number of amides is 1. The number of benzene rings is 3. The molecular weight excluding hydrogens is 328 g/mol. The second-order valence-electron chi connectivity index (χ2n) is 5.20. The van der Waals surface area contributed by atoms with Crippen molar-refractivity contribution in [3.05, 3.63) is 66.2 Å². The molecule has 0 saturated heterocycles. The fourth-order valence-corrected chi connectivity index (χ4v) is 2.59. The normalized spacial score (nSPS) is 10.7. The van der Waals surface area contributed by atoms with Gasteiger partial charge in [-0.3, -0.25) is 4.79 Å². The molecule has 0 saturated carbocycles. The molecule has 0 radical (unpaired) electrons. The Hall–Kier alpha value is -3.15. The maximum absolute atomic E-state index is 12.7. The summed E-state index contributed by atoms with van der Waals surface area (Å²) in [5.41, 5.74) is 0.543. The van der Waals surface area contributed by atoms with Crippen molar-refractivity contribution in [1.29, 1.82) is 0 Å². The Balaban J connectivity index is 1.98. The van der Waals surface area contributed by atoms with Gasteiger partial charge in [-0.25, -0.2) is 0 Å². The Labute approximate surface area is 143 Å². The molecular formula is C19H15F2NO3. The topological polar surface area (TPSA) is 47.6 Å². The number of hydrogen-bond donors (Lipinski definition) is 1. The Morgan fingerprint density at radius 1 is 1.00 bits per heavy atom.